The van der Waals surface area contributed by atoms with Gasteiger partial charge < -0.3 is 9.47 Å². The lowest BCUT2D eigenvalue weighted by Gasteiger charge is -2.20. The van der Waals surface area contributed by atoms with Crippen LogP contribution in [0.2, 0.25) is 0 Å². The monoisotopic (exact) mass is 198 g/mol. The number of rotatable bonds is 1. The Kier molecular flexibility index (Phi) is 2.42. The van der Waals surface area contributed by atoms with Crippen molar-refractivity contribution < 1.29 is 9.47 Å². The van der Waals surface area contributed by atoms with E-state index in [4.69, 9.17) is 21.1 Å². The molecular weight excluding hydrogens is 188 g/mol. The van der Waals surface area contributed by atoms with Gasteiger partial charge in [-0.05, 0) is 6.92 Å². The Hall–Kier alpha value is -0.730. The second kappa shape index (κ2) is 3.56. The predicted octanol–water partition coefficient (Wildman–Crippen LogP) is 2.60. The molecule has 0 amide bonds. The van der Waals surface area contributed by atoms with Crippen LogP contribution in [-0.2, 0) is 17.2 Å². The number of hydrogen-bond acceptors (Lipinski definition) is 2. The van der Waals surface area contributed by atoms with Crippen molar-refractivity contribution in [3.63, 3.8) is 0 Å². The summed E-state index contributed by atoms with van der Waals surface area (Å²) in [6, 6.07) is 4.13. The van der Waals surface area contributed by atoms with Gasteiger partial charge in [0.15, 0.2) is 6.79 Å². The third-order valence-corrected chi connectivity index (χ3v) is 2.36. The normalized spacial score (nSPS) is 14.9. The highest BCUT2D eigenvalue weighted by Gasteiger charge is 2.14. The molecule has 0 aliphatic carbocycles. The van der Waals surface area contributed by atoms with E-state index in [1.807, 2.05) is 6.92 Å². The number of halogens is 1. The van der Waals surface area contributed by atoms with Crippen molar-refractivity contribution in [1.29, 1.82) is 0 Å². The fourth-order valence-electron chi connectivity index (χ4n) is 1.57. The fraction of sp³-hybridized carbons (Fsp3) is 0.400. The zero-order valence-corrected chi connectivity index (χ0v) is 8.23. The first kappa shape index (κ1) is 8.85. The SMILES string of the molecule is Cc1cc(CCl)c2c(c1)COCO2. The molecule has 1 aromatic carbocycles. The van der Waals surface area contributed by atoms with E-state index < -0.39 is 0 Å². The van der Waals surface area contributed by atoms with Crippen LogP contribution in [0.3, 0.4) is 0 Å². The molecule has 2 nitrogen and oxygen atoms in total. The van der Waals surface area contributed by atoms with Crippen molar-refractivity contribution in [2.24, 2.45) is 0 Å². The van der Waals surface area contributed by atoms with Crippen molar-refractivity contribution >= 4 is 11.6 Å². The lowest BCUT2D eigenvalue weighted by atomic mass is 10.1. The summed E-state index contributed by atoms with van der Waals surface area (Å²) in [6.45, 7) is 3.01. The van der Waals surface area contributed by atoms with E-state index >= 15 is 0 Å². The van der Waals surface area contributed by atoms with Crippen molar-refractivity contribution in [3.8, 4) is 5.75 Å². The summed E-state index contributed by atoms with van der Waals surface area (Å²) in [6.07, 6.45) is 0. The van der Waals surface area contributed by atoms with Crippen LogP contribution in [0.4, 0.5) is 0 Å². The van der Waals surface area contributed by atoms with Gasteiger partial charge in [-0.2, -0.15) is 0 Å². The van der Waals surface area contributed by atoms with E-state index in [1.165, 1.54) is 5.56 Å². The van der Waals surface area contributed by atoms with Crippen LogP contribution in [0.1, 0.15) is 16.7 Å². The van der Waals surface area contributed by atoms with Gasteiger partial charge in [0, 0.05) is 11.1 Å². The van der Waals surface area contributed by atoms with Gasteiger partial charge >= 0.3 is 0 Å². The summed E-state index contributed by atoms with van der Waals surface area (Å²) in [5, 5.41) is 0. The molecule has 0 saturated heterocycles. The molecule has 3 heteroatoms. The van der Waals surface area contributed by atoms with Crippen LogP contribution in [0.25, 0.3) is 0 Å². The molecule has 0 radical (unpaired) electrons. The molecule has 1 aliphatic rings. The molecule has 0 atom stereocenters. The smallest absolute Gasteiger partial charge is 0.189 e. The highest BCUT2D eigenvalue weighted by Crippen LogP contribution is 2.30. The third kappa shape index (κ3) is 1.64. The van der Waals surface area contributed by atoms with Gasteiger partial charge in [-0.25, -0.2) is 0 Å². The number of aryl methyl sites for hydroxylation is 1. The second-order valence-corrected chi connectivity index (χ2v) is 3.42. The lowest BCUT2D eigenvalue weighted by Crippen LogP contribution is -2.13. The first-order valence-electron chi connectivity index (χ1n) is 4.20. The van der Waals surface area contributed by atoms with Crippen molar-refractivity contribution in [3.05, 3.63) is 28.8 Å². The van der Waals surface area contributed by atoms with E-state index in [2.05, 4.69) is 12.1 Å². The minimum absolute atomic E-state index is 0.333. The maximum absolute atomic E-state index is 5.82. The molecule has 2 rings (SSSR count). The molecule has 0 aromatic heterocycles. The summed E-state index contributed by atoms with van der Waals surface area (Å²) in [4.78, 5) is 0. The van der Waals surface area contributed by atoms with Gasteiger partial charge in [0.2, 0.25) is 0 Å². The molecule has 70 valence electrons. The molecule has 1 aromatic rings. The summed E-state index contributed by atoms with van der Waals surface area (Å²) < 4.78 is 10.6. The average Bonchev–Trinajstić information content (AvgIpc) is 2.16. The molecule has 0 saturated carbocycles. The standard InChI is InChI=1S/C10H11ClO2/c1-7-2-8(4-11)10-9(3-7)5-12-6-13-10/h2-3H,4-6H2,1H3. The summed E-state index contributed by atoms with van der Waals surface area (Å²) in [5.41, 5.74) is 3.35. The fourth-order valence-corrected chi connectivity index (χ4v) is 1.77. The molecular formula is C10H11ClO2. The molecule has 0 fully saturated rings. The minimum atomic E-state index is 0.333. The highest BCUT2D eigenvalue weighted by atomic mass is 35.5. The van der Waals surface area contributed by atoms with Crippen LogP contribution < -0.4 is 4.74 Å². The van der Waals surface area contributed by atoms with E-state index in [-0.39, 0.29) is 0 Å². The average molecular weight is 199 g/mol. The van der Waals surface area contributed by atoms with Crippen LogP contribution in [0.15, 0.2) is 12.1 Å². The molecule has 1 aliphatic heterocycles. The molecule has 1 heterocycles. The van der Waals surface area contributed by atoms with Gasteiger partial charge in [0.1, 0.15) is 5.75 Å². The van der Waals surface area contributed by atoms with Gasteiger partial charge in [-0.1, -0.05) is 17.7 Å². The summed E-state index contributed by atoms with van der Waals surface area (Å²) in [5.74, 6) is 1.40. The van der Waals surface area contributed by atoms with E-state index in [9.17, 15) is 0 Å². The quantitative estimate of drug-likeness (QED) is 0.646. The molecule has 0 bridgehead atoms. The van der Waals surface area contributed by atoms with Crippen LogP contribution >= 0.6 is 11.6 Å². The Morgan fingerprint density at radius 1 is 1.46 bits per heavy atom. The number of fused-ring (bicyclic) bond motifs is 1. The molecule has 0 N–H and O–H groups in total. The maximum Gasteiger partial charge on any atom is 0.189 e. The van der Waals surface area contributed by atoms with Crippen LogP contribution in [0.5, 0.6) is 5.75 Å². The topological polar surface area (TPSA) is 18.5 Å². The van der Waals surface area contributed by atoms with Crippen molar-refractivity contribution in [1.82, 2.24) is 0 Å². The predicted molar refractivity (Wildman–Crippen MR) is 51.0 cm³/mol. The Morgan fingerprint density at radius 2 is 2.31 bits per heavy atom. The Morgan fingerprint density at radius 3 is 3.08 bits per heavy atom. The zero-order valence-electron chi connectivity index (χ0n) is 7.47. The van der Waals surface area contributed by atoms with Gasteiger partial charge in [-0.3, -0.25) is 0 Å². The lowest BCUT2D eigenvalue weighted by molar-refractivity contribution is -0.0169. The van der Waals surface area contributed by atoms with Crippen molar-refractivity contribution in [2.75, 3.05) is 6.79 Å². The first-order valence-corrected chi connectivity index (χ1v) is 4.73. The van der Waals surface area contributed by atoms with Crippen molar-refractivity contribution in [2.45, 2.75) is 19.4 Å². The van der Waals surface area contributed by atoms with Crippen LogP contribution in [0, 0.1) is 6.92 Å². The summed E-state index contributed by atoms with van der Waals surface area (Å²) >= 11 is 5.82. The van der Waals surface area contributed by atoms with E-state index in [1.54, 1.807) is 0 Å². The molecule has 0 unspecified atom stereocenters. The second-order valence-electron chi connectivity index (χ2n) is 3.16. The molecule has 13 heavy (non-hydrogen) atoms. The van der Waals surface area contributed by atoms with Crippen LogP contribution in [-0.4, -0.2) is 6.79 Å². The number of alkyl halides is 1. The van der Waals surface area contributed by atoms with E-state index in [0.717, 1.165) is 16.9 Å². The molecule has 0 spiro atoms. The Bertz CT molecular complexity index is 306. The zero-order chi connectivity index (χ0) is 9.26. The van der Waals surface area contributed by atoms with E-state index in [0.29, 0.717) is 19.3 Å². The third-order valence-electron chi connectivity index (χ3n) is 2.08. The van der Waals surface area contributed by atoms with Gasteiger partial charge in [0.25, 0.3) is 0 Å². The number of benzene rings is 1. The Balaban J connectivity index is 2.50. The number of ether oxygens (including phenoxy) is 2. The number of hydrogen-bond donors (Lipinski definition) is 0. The Labute approximate surface area is 82.4 Å². The highest BCUT2D eigenvalue weighted by molar-refractivity contribution is 6.17. The summed E-state index contributed by atoms with van der Waals surface area (Å²) in [7, 11) is 0. The first-order chi connectivity index (χ1) is 6.31. The van der Waals surface area contributed by atoms with Gasteiger partial charge in [0.05, 0.1) is 12.5 Å². The van der Waals surface area contributed by atoms with Gasteiger partial charge in [-0.15, -0.1) is 11.6 Å². The maximum atomic E-state index is 5.82. The largest absolute Gasteiger partial charge is 0.467 e. The minimum Gasteiger partial charge on any atom is -0.467 e.